The Morgan fingerprint density at radius 3 is 1.97 bits per heavy atom. The van der Waals surface area contributed by atoms with E-state index < -0.39 is 11.8 Å². The number of thiocarbonyl (C=S) groups is 1. The van der Waals surface area contributed by atoms with Crippen LogP contribution < -0.4 is 4.90 Å². The van der Waals surface area contributed by atoms with Crippen LogP contribution in [-0.2, 0) is 9.59 Å². The maximum Gasteiger partial charge on any atom is 0.270 e. The molecule has 3 aromatic rings. The summed E-state index contributed by atoms with van der Waals surface area (Å²) in [4.78, 5) is 29.5. The van der Waals surface area contributed by atoms with Crippen LogP contribution in [0.1, 0.15) is 23.9 Å². The lowest BCUT2D eigenvalue weighted by atomic mass is 10.1. The molecule has 33 heavy (non-hydrogen) atoms. The molecular weight excluding hydrogens is 477 g/mol. The molecule has 2 amide bonds. The molecule has 1 aromatic heterocycles. The summed E-state index contributed by atoms with van der Waals surface area (Å²) in [6.07, 6.45) is 1.65. The van der Waals surface area contributed by atoms with Gasteiger partial charge >= 0.3 is 0 Å². The van der Waals surface area contributed by atoms with Gasteiger partial charge in [0.05, 0.1) is 5.69 Å². The quantitative estimate of drug-likeness (QED) is 0.253. The Hall–Kier alpha value is -2.93. The van der Waals surface area contributed by atoms with Crippen LogP contribution in [0.25, 0.3) is 11.8 Å². The normalized spacial score (nSPS) is 15.7. The fourth-order valence-electron chi connectivity index (χ4n) is 3.95. The number of halogens is 2. The van der Waals surface area contributed by atoms with Crippen molar-refractivity contribution < 1.29 is 9.59 Å². The molecular formula is C25H21Cl2N3O2S. The zero-order valence-corrected chi connectivity index (χ0v) is 20.6. The average Bonchev–Trinajstić information content (AvgIpc) is 3.06. The minimum absolute atomic E-state index is 0.0526. The molecule has 2 heterocycles. The number of hydrogen-bond donors (Lipinski definition) is 0. The van der Waals surface area contributed by atoms with Crippen molar-refractivity contribution in [2.75, 3.05) is 11.4 Å². The Labute approximate surface area is 207 Å². The molecule has 5 nitrogen and oxygen atoms in total. The van der Waals surface area contributed by atoms with E-state index in [0.717, 1.165) is 22.6 Å². The lowest BCUT2D eigenvalue weighted by Crippen LogP contribution is -2.56. The lowest BCUT2D eigenvalue weighted by Gasteiger charge is -2.36. The summed E-state index contributed by atoms with van der Waals surface area (Å²) in [5.74, 6) is -0.873. The topological polar surface area (TPSA) is 45.6 Å². The van der Waals surface area contributed by atoms with Gasteiger partial charge in [0.25, 0.3) is 11.8 Å². The summed E-state index contributed by atoms with van der Waals surface area (Å²) in [7, 11) is 0. The van der Waals surface area contributed by atoms with E-state index in [1.54, 1.807) is 30.3 Å². The number of rotatable bonds is 4. The number of carbonyl (C=O) groups excluding carboxylic acids is 2. The summed E-state index contributed by atoms with van der Waals surface area (Å²) in [6, 6.07) is 16.2. The first-order valence-corrected chi connectivity index (χ1v) is 11.5. The number of benzene rings is 2. The zero-order chi connectivity index (χ0) is 23.9. The Bertz CT molecular complexity index is 1290. The third kappa shape index (κ3) is 4.22. The van der Waals surface area contributed by atoms with Crippen LogP contribution in [0.5, 0.6) is 0 Å². The minimum Gasteiger partial charge on any atom is -0.318 e. The Kier molecular flexibility index (Phi) is 6.43. The summed E-state index contributed by atoms with van der Waals surface area (Å²) < 4.78 is 2.06. The zero-order valence-electron chi connectivity index (χ0n) is 18.3. The number of aryl methyl sites for hydroxylation is 1. The van der Waals surface area contributed by atoms with E-state index in [1.807, 2.05) is 51.1 Å². The summed E-state index contributed by atoms with van der Waals surface area (Å²) >= 11 is 17.5. The second-order valence-electron chi connectivity index (χ2n) is 7.65. The van der Waals surface area contributed by atoms with E-state index in [-0.39, 0.29) is 10.7 Å². The van der Waals surface area contributed by atoms with Gasteiger partial charge in [-0.2, -0.15) is 0 Å². The van der Waals surface area contributed by atoms with Crippen molar-refractivity contribution in [3.05, 3.63) is 87.2 Å². The fourth-order valence-corrected chi connectivity index (χ4v) is 4.60. The highest BCUT2D eigenvalue weighted by Crippen LogP contribution is 2.29. The number of anilines is 1. The number of nitrogens with zero attached hydrogens (tertiary/aromatic N) is 3. The van der Waals surface area contributed by atoms with Crippen LogP contribution in [0.15, 0.2) is 60.2 Å². The van der Waals surface area contributed by atoms with Crippen molar-refractivity contribution in [1.29, 1.82) is 0 Å². The third-order valence-corrected chi connectivity index (χ3v) is 6.49. The Balaban J connectivity index is 1.81. The van der Waals surface area contributed by atoms with Crippen molar-refractivity contribution in [3.63, 3.8) is 0 Å². The number of likely N-dealkylation sites (N-methyl/N-ethyl adjacent to an activating group) is 1. The van der Waals surface area contributed by atoms with Gasteiger partial charge in [0.15, 0.2) is 5.11 Å². The van der Waals surface area contributed by atoms with Crippen LogP contribution in [0, 0.1) is 13.8 Å². The van der Waals surface area contributed by atoms with Gasteiger partial charge < -0.3 is 4.57 Å². The van der Waals surface area contributed by atoms with E-state index >= 15 is 0 Å². The van der Waals surface area contributed by atoms with Gasteiger partial charge in [-0.1, -0.05) is 23.2 Å². The van der Waals surface area contributed by atoms with E-state index in [2.05, 4.69) is 4.57 Å². The molecule has 0 aliphatic carbocycles. The van der Waals surface area contributed by atoms with Crippen molar-refractivity contribution in [1.82, 2.24) is 9.47 Å². The molecule has 0 saturated carbocycles. The smallest absolute Gasteiger partial charge is 0.270 e. The number of amides is 2. The second kappa shape index (κ2) is 9.14. The molecule has 168 valence electrons. The SMILES string of the molecule is CCN1C(=O)/C(=C/c2cc(C)n(-c3ccc(Cl)cc3)c2C)C(=O)N(c2ccc(Cl)cc2)C1=S. The lowest BCUT2D eigenvalue weighted by molar-refractivity contribution is -0.127. The van der Waals surface area contributed by atoms with Gasteiger partial charge in [0, 0.05) is 33.7 Å². The highest BCUT2D eigenvalue weighted by molar-refractivity contribution is 7.80. The van der Waals surface area contributed by atoms with Gasteiger partial charge in [0.1, 0.15) is 5.57 Å². The number of hydrogen-bond acceptors (Lipinski definition) is 3. The van der Waals surface area contributed by atoms with Gasteiger partial charge in [-0.25, -0.2) is 0 Å². The maximum absolute atomic E-state index is 13.5. The molecule has 1 aliphatic heterocycles. The number of carbonyl (C=O) groups is 2. The summed E-state index contributed by atoms with van der Waals surface area (Å²) in [5.41, 5.74) is 4.19. The van der Waals surface area contributed by atoms with Gasteiger partial charge in [-0.15, -0.1) is 0 Å². The van der Waals surface area contributed by atoms with Crippen LogP contribution in [0.4, 0.5) is 5.69 Å². The molecule has 0 radical (unpaired) electrons. The Morgan fingerprint density at radius 2 is 1.42 bits per heavy atom. The first kappa shape index (κ1) is 23.2. The van der Waals surface area contributed by atoms with Crippen LogP contribution in [0.2, 0.25) is 10.0 Å². The van der Waals surface area contributed by atoms with E-state index in [1.165, 1.54) is 9.80 Å². The summed E-state index contributed by atoms with van der Waals surface area (Å²) in [6.45, 7) is 6.09. The standard InChI is InChI=1S/C25H21Cl2N3O2S/c1-4-28-23(31)22(24(32)30(25(28)33)21-11-7-19(27)8-12-21)14-17-13-15(2)29(16(17)3)20-9-5-18(26)6-10-20/h5-14H,4H2,1-3H3/b22-14-. The molecule has 4 rings (SSSR count). The maximum atomic E-state index is 13.5. The number of aromatic nitrogens is 1. The molecule has 1 aliphatic rings. The molecule has 0 unspecified atom stereocenters. The molecule has 2 aromatic carbocycles. The van der Waals surface area contributed by atoms with E-state index in [9.17, 15) is 9.59 Å². The molecule has 0 N–H and O–H groups in total. The van der Waals surface area contributed by atoms with Crippen molar-refractivity contribution in [3.8, 4) is 5.69 Å². The molecule has 0 spiro atoms. The molecule has 0 bridgehead atoms. The van der Waals surface area contributed by atoms with Gasteiger partial charge in [0.2, 0.25) is 0 Å². The van der Waals surface area contributed by atoms with Crippen molar-refractivity contribution in [2.24, 2.45) is 0 Å². The highest BCUT2D eigenvalue weighted by atomic mass is 35.5. The summed E-state index contributed by atoms with van der Waals surface area (Å²) in [5, 5.41) is 1.35. The van der Waals surface area contributed by atoms with E-state index in [4.69, 9.17) is 35.4 Å². The average molecular weight is 498 g/mol. The predicted octanol–water partition coefficient (Wildman–Crippen LogP) is 5.96. The van der Waals surface area contributed by atoms with Crippen LogP contribution in [-0.4, -0.2) is 32.9 Å². The van der Waals surface area contributed by atoms with Crippen LogP contribution >= 0.6 is 35.4 Å². The predicted molar refractivity (Wildman–Crippen MR) is 137 cm³/mol. The van der Waals surface area contributed by atoms with Gasteiger partial charge in [-0.3, -0.25) is 19.4 Å². The van der Waals surface area contributed by atoms with E-state index in [0.29, 0.717) is 22.3 Å². The van der Waals surface area contributed by atoms with Crippen molar-refractivity contribution in [2.45, 2.75) is 20.8 Å². The fraction of sp³-hybridized carbons (Fsp3) is 0.160. The molecule has 1 fully saturated rings. The van der Waals surface area contributed by atoms with Crippen molar-refractivity contribution >= 4 is 64.1 Å². The molecule has 0 atom stereocenters. The van der Waals surface area contributed by atoms with Crippen LogP contribution in [0.3, 0.4) is 0 Å². The highest BCUT2D eigenvalue weighted by Gasteiger charge is 2.39. The second-order valence-corrected chi connectivity index (χ2v) is 8.88. The first-order chi connectivity index (χ1) is 15.7. The van der Waals surface area contributed by atoms with Gasteiger partial charge in [-0.05, 0) is 99.2 Å². The monoisotopic (exact) mass is 497 g/mol. The largest absolute Gasteiger partial charge is 0.318 e. The third-order valence-electron chi connectivity index (χ3n) is 5.59. The Morgan fingerprint density at radius 1 is 0.879 bits per heavy atom. The first-order valence-electron chi connectivity index (χ1n) is 10.3. The molecule has 1 saturated heterocycles. The minimum atomic E-state index is -0.465. The molecule has 8 heteroatoms.